The molecule has 6 heteroatoms. The molecule has 0 aliphatic carbocycles. The van der Waals surface area contributed by atoms with Crippen molar-refractivity contribution < 1.29 is 9.13 Å². The van der Waals surface area contributed by atoms with Crippen LogP contribution >= 0.6 is 0 Å². The van der Waals surface area contributed by atoms with Crippen LogP contribution < -0.4 is 5.73 Å². The van der Waals surface area contributed by atoms with Crippen LogP contribution in [0.2, 0.25) is 0 Å². The minimum Gasteiger partial charge on any atom is -0.383 e. The maximum absolute atomic E-state index is 12.8. The average Bonchev–Trinajstić information content (AvgIpc) is 2.69. The summed E-state index contributed by atoms with van der Waals surface area (Å²) in [6, 6.07) is 8.06. The zero-order valence-electron chi connectivity index (χ0n) is 10.4. The first kappa shape index (κ1) is 13.1. The highest BCUT2D eigenvalue weighted by Gasteiger charge is 2.15. The normalized spacial score (nSPS) is 10.4. The minimum atomic E-state index is -0.296. The van der Waals surface area contributed by atoms with E-state index in [4.69, 9.17) is 15.7 Å². The quantitative estimate of drug-likeness (QED) is 0.907. The molecule has 2 aromatic rings. The van der Waals surface area contributed by atoms with Gasteiger partial charge in [0.2, 0.25) is 0 Å². The molecule has 0 radical (unpaired) electrons. The van der Waals surface area contributed by atoms with E-state index in [2.05, 4.69) is 5.10 Å². The highest BCUT2D eigenvalue weighted by Crippen LogP contribution is 2.18. The zero-order chi connectivity index (χ0) is 13.8. The molecule has 0 fully saturated rings. The van der Waals surface area contributed by atoms with Crippen molar-refractivity contribution >= 4 is 5.82 Å². The minimum absolute atomic E-state index is 0.226. The van der Waals surface area contributed by atoms with E-state index in [1.807, 2.05) is 6.07 Å². The number of rotatable bonds is 4. The van der Waals surface area contributed by atoms with Crippen molar-refractivity contribution in [2.45, 2.75) is 13.2 Å². The van der Waals surface area contributed by atoms with Crippen molar-refractivity contribution in [2.24, 2.45) is 0 Å². The molecule has 1 heterocycles. The van der Waals surface area contributed by atoms with Gasteiger partial charge in [0, 0.05) is 7.11 Å². The van der Waals surface area contributed by atoms with Gasteiger partial charge in [-0.1, -0.05) is 12.1 Å². The molecule has 0 unspecified atom stereocenters. The molecule has 0 bridgehead atoms. The lowest BCUT2D eigenvalue weighted by Crippen LogP contribution is -2.06. The number of hydrogen-bond donors (Lipinski definition) is 1. The summed E-state index contributed by atoms with van der Waals surface area (Å²) in [5.74, 6) is -0.00570. The lowest BCUT2D eigenvalue weighted by Gasteiger charge is -2.04. The molecular weight excluding hydrogens is 247 g/mol. The Balaban J connectivity index is 2.30. The van der Waals surface area contributed by atoms with Crippen molar-refractivity contribution in [1.82, 2.24) is 9.78 Å². The number of anilines is 1. The number of hydrogen-bond acceptors (Lipinski definition) is 4. The second kappa shape index (κ2) is 5.50. The smallest absolute Gasteiger partial charge is 0.140 e. The van der Waals surface area contributed by atoms with Crippen LogP contribution in [-0.2, 0) is 17.9 Å². The standard InChI is InChI=1S/C13H13FN4O/c1-19-8-12-11(6-15)13(16)18(17-12)7-9-2-4-10(14)5-3-9/h2-5H,7-8,16H2,1H3. The lowest BCUT2D eigenvalue weighted by atomic mass is 10.2. The van der Waals surface area contributed by atoms with Crippen LogP contribution in [0.4, 0.5) is 10.2 Å². The Morgan fingerprint density at radius 2 is 2.11 bits per heavy atom. The van der Waals surface area contributed by atoms with E-state index >= 15 is 0 Å². The number of nitrogens with zero attached hydrogens (tertiary/aromatic N) is 3. The Bertz CT molecular complexity index is 613. The highest BCUT2D eigenvalue weighted by atomic mass is 19.1. The summed E-state index contributed by atoms with van der Waals surface area (Å²) in [7, 11) is 1.52. The molecule has 2 N–H and O–H groups in total. The molecule has 98 valence electrons. The van der Waals surface area contributed by atoms with Gasteiger partial charge in [0.1, 0.15) is 29.0 Å². The Kier molecular flexibility index (Phi) is 3.78. The third-order valence-corrected chi connectivity index (χ3v) is 2.70. The average molecular weight is 260 g/mol. The van der Waals surface area contributed by atoms with Crippen LogP contribution in [0.3, 0.4) is 0 Å². The first-order valence-electron chi connectivity index (χ1n) is 5.64. The van der Waals surface area contributed by atoms with Crippen molar-refractivity contribution in [3.05, 3.63) is 46.9 Å². The van der Waals surface area contributed by atoms with Gasteiger partial charge < -0.3 is 10.5 Å². The number of nitrogens with two attached hydrogens (primary N) is 1. The van der Waals surface area contributed by atoms with E-state index in [9.17, 15) is 4.39 Å². The van der Waals surface area contributed by atoms with Crippen molar-refractivity contribution in [2.75, 3.05) is 12.8 Å². The molecule has 0 atom stereocenters. The summed E-state index contributed by atoms with van der Waals surface area (Å²) in [5, 5.41) is 13.3. The van der Waals surface area contributed by atoms with Gasteiger partial charge in [-0.3, -0.25) is 0 Å². The molecule has 0 saturated heterocycles. The zero-order valence-corrected chi connectivity index (χ0v) is 10.4. The van der Waals surface area contributed by atoms with E-state index in [1.165, 1.54) is 23.9 Å². The number of aromatic nitrogens is 2. The molecule has 0 aliphatic heterocycles. The fourth-order valence-corrected chi connectivity index (χ4v) is 1.77. The van der Waals surface area contributed by atoms with E-state index in [-0.39, 0.29) is 12.4 Å². The Labute approximate surface area is 110 Å². The monoisotopic (exact) mass is 260 g/mol. The van der Waals surface area contributed by atoms with Gasteiger partial charge in [0.15, 0.2) is 0 Å². The Hall–Kier alpha value is -2.39. The summed E-state index contributed by atoms with van der Waals surface area (Å²) in [6.45, 7) is 0.605. The summed E-state index contributed by atoms with van der Waals surface area (Å²) in [6.07, 6.45) is 0. The SMILES string of the molecule is COCc1nn(Cc2ccc(F)cc2)c(N)c1C#N. The van der Waals surface area contributed by atoms with Gasteiger partial charge in [0.05, 0.1) is 13.2 Å². The Morgan fingerprint density at radius 1 is 1.42 bits per heavy atom. The summed E-state index contributed by atoms with van der Waals surface area (Å²) >= 11 is 0. The van der Waals surface area contributed by atoms with Crippen LogP contribution in [0.1, 0.15) is 16.8 Å². The van der Waals surface area contributed by atoms with E-state index < -0.39 is 0 Å². The lowest BCUT2D eigenvalue weighted by molar-refractivity contribution is 0.180. The number of nitrogen functional groups attached to an aromatic ring is 1. The molecule has 0 saturated carbocycles. The predicted octanol–water partition coefficient (Wildman–Crippen LogP) is 1.67. The molecule has 0 spiro atoms. The molecule has 19 heavy (non-hydrogen) atoms. The van der Waals surface area contributed by atoms with Crippen LogP contribution in [0.5, 0.6) is 0 Å². The van der Waals surface area contributed by atoms with Crippen LogP contribution in [0.25, 0.3) is 0 Å². The molecular formula is C13H13FN4O. The van der Waals surface area contributed by atoms with Gasteiger partial charge in [0.25, 0.3) is 0 Å². The number of ether oxygens (including phenoxy) is 1. The number of halogens is 1. The summed E-state index contributed by atoms with van der Waals surface area (Å²) in [5.41, 5.74) is 7.55. The van der Waals surface area contributed by atoms with E-state index in [0.717, 1.165) is 5.56 Å². The number of nitriles is 1. The Morgan fingerprint density at radius 3 is 2.68 bits per heavy atom. The fraction of sp³-hybridized carbons (Fsp3) is 0.231. The van der Waals surface area contributed by atoms with E-state index in [1.54, 1.807) is 12.1 Å². The highest BCUT2D eigenvalue weighted by molar-refractivity contribution is 5.52. The summed E-state index contributed by atoms with van der Waals surface area (Å²) in [4.78, 5) is 0. The van der Waals surface area contributed by atoms with E-state index in [0.29, 0.717) is 23.6 Å². The third-order valence-electron chi connectivity index (χ3n) is 2.70. The largest absolute Gasteiger partial charge is 0.383 e. The van der Waals surface area contributed by atoms with Crippen LogP contribution in [0.15, 0.2) is 24.3 Å². The molecule has 1 aromatic heterocycles. The van der Waals surface area contributed by atoms with Gasteiger partial charge >= 0.3 is 0 Å². The third kappa shape index (κ3) is 2.72. The van der Waals surface area contributed by atoms with Gasteiger partial charge in [-0.25, -0.2) is 9.07 Å². The topological polar surface area (TPSA) is 76.9 Å². The van der Waals surface area contributed by atoms with Gasteiger partial charge in [-0.15, -0.1) is 0 Å². The fourth-order valence-electron chi connectivity index (χ4n) is 1.77. The van der Waals surface area contributed by atoms with Crippen LogP contribution in [0, 0.1) is 17.1 Å². The van der Waals surface area contributed by atoms with Crippen molar-refractivity contribution in [3.8, 4) is 6.07 Å². The predicted molar refractivity (Wildman–Crippen MR) is 67.6 cm³/mol. The van der Waals surface area contributed by atoms with Gasteiger partial charge in [-0.2, -0.15) is 10.4 Å². The first-order valence-corrected chi connectivity index (χ1v) is 5.64. The van der Waals surface area contributed by atoms with Crippen molar-refractivity contribution in [3.63, 3.8) is 0 Å². The summed E-state index contributed by atoms with van der Waals surface area (Å²) < 4.78 is 19.3. The first-order chi connectivity index (χ1) is 9.15. The number of methoxy groups -OCH3 is 1. The molecule has 0 amide bonds. The second-order valence-corrected chi connectivity index (χ2v) is 4.04. The number of benzene rings is 1. The molecule has 0 aliphatic rings. The van der Waals surface area contributed by atoms with Gasteiger partial charge in [-0.05, 0) is 17.7 Å². The maximum atomic E-state index is 12.8. The second-order valence-electron chi connectivity index (χ2n) is 4.04. The van der Waals surface area contributed by atoms with Crippen molar-refractivity contribution in [1.29, 1.82) is 5.26 Å². The molecule has 2 rings (SSSR count). The molecule has 5 nitrogen and oxygen atoms in total. The molecule has 1 aromatic carbocycles. The van der Waals surface area contributed by atoms with Crippen LogP contribution in [-0.4, -0.2) is 16.9 Å². The maximum Gasteiger partial charge on any atom is 0.140 e.